The van der Waals surface area contributed by atoms with Crippen molar-refractivity contribution >= 4 is 37.8 Å². The predicted molar refractivity (Wildman–Crippen MR) is 79.7 cm³/mol. The van der Waals surface area contributed by atoms with Crippen LogP contribution in [0.1, 0.15) is 37.0 Å². The standard InChI is InChI=1S/C13H17Br2NO2/c1-3-13(4-2,8-17)16-12(18)10-6-5-9(14)7-11(10)15/h5-7,17H,3-4,8H2,1-2H3,(H,16,18). The van der Waals surface area contributed by atoms with Crippen molar-refractivity contribution in [2.45, 2.75) is 32.2 Å². The highest BCUT2D eigenvalue weighted by molar-refractivity contribution is 9.11. The minimum atomic E-state index is -0.538. The summed E-state index contributed by atoms with van der Waals surface area (Å²) in [4.78, 5) is 12.2. The Morgan fingerprint density at radius 1 is 1.33 bits per heavy atom. The Morgan fingerprint density at radius 3 is 2.39 bits per heavy atom. The molecule has 0 aliphatic rings. The molecule has 1 rings (SSSR count). The zero-order chi connectivity index (χ0) is 13.8. The SMILES string of the molecule is CCC(CC)(CO)NC(=O)c1ccc(Br)cc1Br. The van der Waals surface area contributed by atoms with Gasteiger partial charge >= 0.3 is 0 Å². The van der Waals surface area contributed by atoms with Gasteiger partial charge < -0.3 is 10.4 Å². The minimum Gasteiger partial charge on any atom is -0.394 e. The largest absolute Gasteiger partial charge is 0.394 e. The molecule has 0 atom stereocenters. The van der Waals surface area contributed by atoms with E-state index in [1.165, 1.54) is 0 Å². The Balaban J connectivity index is 2.94. The van der Waals surface area contributed by atoms with Gasteiger partial charge in [-0.2, -0.15) is 0 Å². The fourth-order valence-corrected chi connectivity index (χ4v) is 2.90. The lowest BCUT2D eigenvalue weighted by Gasteiger charge is -2.30. The van der Waals surface area contributed by atoms with Gasteiger partial charge in [-0.25, -0.2) is 0 Å². The molecule has 0 aliphatic heterocycles. The molecular weight excluding hydrogens is 362 g/mol. The zero-order valence-electron chi connectivity index (χ0n) is 10.5. The van der Waals surface area contributed by atoms with Gasteiger partial charge in [-0.3, -0.25) is 4.79 Å². The number of rotatable bonds is 5. The third-order valence-corrected chi connectivity index (χ3v) is 4.36. The fourth-order valence-electron chi connectivity index (χ4n) is 1.67. The molecule has 1 aromatic rings. The molecule has 100 valence electrons. The molecule has 2 N–H and O–H groups in total. The van der Waals surface area contributed by atoms with Crippen LogP contribution in [0.2, 0.25) is 0 Å². The molecule has 0 bridgehead atoms. The highest BCUT2D eigenvalue weighted by Gasteiger charge is 2.28. The quantitative estimate of drug-likeness (QED) is 0.823. The number of carbonyl (C=O) groups is 1. The summed E-state index contributed by atoms with van der Waals surface area (Å²) in [7, 11) is 0. The van der Waals surface area contributed by atoms with E-state index in [1.54, 1.807) is 6.07 Å². The number of halogens is 2. The third kappa shape index (κ3) is 3.56. The van der Waals surface area contributed by atoms with Crippen LogP contribution in [0, 0.1) is 0 Å². The molecule has 0 fully saturated rings. The molecule has 0 saturated carbocycles. The Bertz CT molecular complexity index is 423. The van der Waals surface area contributed by atoms with E-state index in [2.05, 4.69) is 37.2 Å². The van der Waals surface area contributed by atoms with Gasteiger partial charge in [0.2, 0.25) is 0 Å². The van der Waals surface area contributed by atoms with E-state index in [9.17, 15) is 9.90 Å². The molecular formula is C13H17Br2NO2. The first-order chi connectivity index (χ1) is 8.48. The van der Waals surface area contributed by atoms with Crippen LogP contribution in [0.4, 0.5) is 0 Å². The van der Waals surface area contributed by atoms with Crippen LogP contribution in [0.25, 0.3) is 0 Å². The molecule has 5 heteroatoms. The van der Waals surface area contributed by atoms with Crippen molar-refractivity contribution in [3.05, 3.63) is 32.7 Å². The summed E-state index contributed by atoms with van der Waals surface area (Å²) in [5.74, 6) is -0.174. The van der Waals surface area contributed by atoms with Crippen LogP contribution >= 0.6 is 31.9 Å². The van der Waals surface area contributed by atoms with Gasteiger partial charge in [-0.1, -0.05) is 29.8 Å². The Morgan fingerprint density at radius 2 is 1.94 bits per heavy atom. The van der Waals surface area contributed by atoms with E-state index in [0.717, 1.165) is 8.95 Å². The summed E-state index contributed by atoms with van der Waals surface area (Å²) in [6.07, 6.45) is 1.39. The predicted octanol–water partition coefficient (Wildman–Crippen LogP) is 3.49. The topological polar surface area (TPSA) is 49.3 Å². The number of amides is 1. The highest BCUT2D eigenvalue weighted by Crippen LogP contribution is 2.23. The molecule has 0 radical (unpaired) electrons. The first-order valence-corrected chi connectivity index (χ1v) is 7.45. The summed E-state index contributed by atoms with van der Waals surface area (Å²) >= 11 is 6.71. The molecule has 1 aromatic carbocycles. The van der Waals surface area contributed by atoms with E-state index in [0.29, 0.717) is 18.4 Å². The number of hydrogen-bond acceptors (Lipinski definition) is 2. The number of hydrogen-bond donors (Lipinski definition) is 2. The molecule has 0 aromatic heterocycles. The molecule has 0 aliphatic carbocycles. The lowest BCUT2D eigenvalue weighted by atomic mass is 9.93. The maximum atomic E-state index is 12.2. The van der Waals surface area contributed by atoms with Crippen molar-refractivity contribution in [3.8, 4) is 0 Å². The van der Waals surface area contributed by atoms with E-state index >= 15 is 0 Å². The number of nitrogens with one attached hydrogen (secondary N) is 1. The second kappa shape index (κ2) is 6.68. The van der Waals surface area contributed by atoms with Crippen molar-refractivity contribution in [1.82, 2.24) is 5.32 Å². The Hall–Kier alpha value is -0.390. The van der Waals surface area contributed by atoms with Crippen molar-refractivity contribution < 1.29 is 9.90 Å². The third-order valence-electron chi connectivity index (χ3n) is 3.21. The molecule has 1 amide bonds. The molecule has 18 heavy (non-hydrogen) atoms. The number of carbonyl (C=O) groups excluding carboxylic acids is 1. The van der Waals surface area contributed by atoms with Crippen molar-refractivity contribution in [2.75, 3.05) is 6.61 Å². The zero-order valence-corrected chi connectivity index (χ0v) is 13.6. The van der Waals surface area contributed by atoms with Crippen LogP contribution in [0.15, 0.2) is 27.1 Å². The normalized spacial score (nSPS) is 11.4. The van der Waals surface area contributed by atoms with Gasteiger partial charge in [0.05, 0.1) is 17.7 Å². The maximum Gasteiger partial charge on any atom is 0.252 e. The second-order valence-corrected chi connectivity index (χ2v) is 5.99. The average Bonchev–Trinajstić information content (AvgIpc) is 2.36. The lowest BCUT2D eigenvalue weighted by molar-refractivity contribution is 0.0817. The fraction of sp³-hybridized carbons (Fsp3) is 0.462. The summed E-state index contributed by atoms with van der Waals surface area (Å²) in [6, 6.07) is 5.39. The minimum absolute atomic E-state index is 0.0557. The van der Waals surface area contributed by atoms with Crippen LogP contribution in [-0.4, -0.2) is 23.2 Å². The van der Waals surface area contributed by atoms with Crippen LogP contribution < -0.4 is 5.32 Å². The number of benzene rings is 1. The Kier molecular flexibility index (Phi) is 5.82. The van der Waals surface area contributed by atoms with Gasteiger partial charge in [0.15, 0.2) is 0 Å². The van der Waals surface area contributed by atoms with Gasteiger partial charge in [-0.05, 0) is 47.0 Å². The van der Waals surface area contributed by atoms with E-state index in [-0.39, 0.29) is 12.5 Å². The van der Waals surface area contributed by atoms with Crippen molar-refractivity contribution in [2.24, 2.45) is 0 Å². The second-order valence-electron chi connectivity index (χ2n) is 4.22. The molecule has 0 saturated heterocycles. The number of aliphatic hydroxyl groups excluding tert-OH is 1. The molecule has 0 unspecified atom stereocenters. The summed E-state index contributed by atoms with van der Waals surface area (Å²) in [5.41, 5.74) is 0.0294. The highest BCUT2D eigenvalue weighted by atomic mass is 79.9. The lowest BCUT2D eigenvalue weighted by Crippen LogP contribution is -2.50. The molecule has 0 spiro atoms. The first kappa shape index (κ1) is 15.7. The summed E-state index contributed by atoms with van der Waals surface area (Å²) in [5, 5.41) is 12.4. The monoisotopic (exact) mass is 377 g/mol. The van der Waals surface area contributed by atoms with Gasteiger partial charge in [0.25, 0.3) is 5.91 Å². The van der Waals surface area contributed by atoms with Crippen molar-refractivity contribution in [3.63, 3.8) is 0 Å². The molecule has 0 heterocycles. The van der Waals surface area contributed by atoms with E-state index in [1.807, 2.05) is 26.0 Å². The van der Waals surface area contributed by atoms with Gasteiger partial charge in [0, 0.05) is 8.95 Å². The first-order valence-electron chi connectivity index (χ1n) is 5.86. The summed E-state index contributed by atoms with van der Waals surface area (Å²) in [6.45, 7) is 3.85. The van der Waals surface area contributed by atoms with Crippen LogP contribution in [-0.2, 0) is 0 Å². The van der Waals surface area contributed by atoms with E-state index in [4.69, 9.17) is 0 Å². The van der Waals surface area contributed by atoms with Crippen LogP contribution in [0.3, 0.4) is 0 Å². The maximum absolute atomic E-state index is 12.2. The summed E-state index contributed by atoms with van der Waals surface area (Å²) < 4.78 is 1.64. The molecule has 3 nitrogen and oxygen atoms in total. The Labute approximate surface area is 124 Å². The van der Waals surface area contributed by atoms with Gasteiger partial charge in [0.1, 0.15) is 0 Å². The van der Waals surface area contributed by atoms with Crippen molar-refractivity contribution in [1.29, 1.82) is 0 Å². The van der Waals surface area contributed by atoms with E-state index < -0.39 is 5.54 Å². The number of aliphatic hydroxyl groups is 1. The smallest absolute Gasteiger partial charge is 0.252 e. The van der Waals surface area contributed by atoms with Crippen LogP contribution in [0.5, 0.6) is 0 Å². The average molecular weight is 379 g/mol. The van der Waals surface area contributed by atoms with Gasteiger partial charge in [-0.15, -0.1) is 0 Å².